The van der Waals surface area contributed by atoms with E-state index in [9.17, 15) is 9.59 Å². The molecule has 10 unspecified atom stereocenters. The number of hydrogen-bond donors (Lipinski definition) is 0. The van der Waals surface area contributed by atoms with Crippen molar-refractivity contribution in [3.8, 4) is 0 Å². The molecule has 7 rings (SSSR count). The van der Waals surface area contributed by atoms with Gasteiger partial charge in [0.25, 0.3) is 0 Å². The van der Waals surface area contributed by atoms with Gasteiger partial charge in [-0.2, -0.15) is 0 Å². The first-order valence-electron chi connectivity index (χ1n) is 22.0. The lowest BCUT2D eigenvalue weighted by Crippen LogP contribution is -2.61. The molecule has 18 heteroatoms. The number of carbonyl (C=O) groups excluding carboxylic acids is 2. The van der Waals surface area contributed by atoms with E-state index in [0.29, 0.717) is 43.9 Å². The molecule has 338 valence electrons. The van der Waals surface area contributed by atoms with Crippen LogP contribution in [0.1, 0.15) is 97.8 Å². The normalized spacial score (nSPS) is 44.2. The molecule has 6 saturated heterocycles. The molecule has 7 aliphatic rings. The molecule has 0 aliphatic carbocycles. The highest BCUT2D eigenvalue weighted by Gasteiger charge is 2.59. The Labute approximate surface area is 374 Å². The third kappa shape index (κ3) is 12.4. The molecule has 0 N–H and O–H groups in total. The SMILES string of the molecule is C=C1C[C@@H]2/C=C/C(=O)C[C@H]3OC4[C@@H](O[C@H]5CCC(CC(=O)C[C@@H]6[C@@H](C)[C@@H](C[C@H](C)CCPP)O[C@H]6CC6O[C@@H](CCC1O2)C[C@@H](C)C6=C)O[C@@H]5[C@@H]4OP(P)P)[C@H]3OP(P)P. The van der Waals surface area contributed by atoms with Gasteiger partial charge in [0.2, 0.25) is 0 Å². The van der Waals surface area contributed by atoms with Gasteiger partial charge in [-0.1, -0.05) is 75.7 Å². The Hall–Kier alpha value is 1.68. The smallest absolute Gasteiger partial charge is 0.158 e. The largest absolute Gasteiger partial charge is 0.374 e. The van der Waals surface area contributed by atoms with Crippen LogP contribution in [0.25, 0.3) is 0 Å². The van der Waals surface area contributed by atoms with Crippen LogP contribution in [-0.2, 0) is 47.1 Å². The van der Waals surface area contributed by atoms with Gasteiger partial charge in [-0.25, -0.2) is 0 Å². The van der Waals surface area contributed by atoms with Crippen molar-refractivity contribution in [2.75, 3.05) is 6.16 Å². The zero-order valence-electron chi connectivity index (χ0n) is 35.5. The molecule has 0 aromatic carbocycles. The van der Waals surface area contributed by atoms with E-state index in [-0.39, 0.29) is 78.7 Å². The lowest BCUT2D eigenvalue weighted by molar-refractivity contribution is -0.251. The summed E-state index contributed by atoms with van der Waals surface area (Å²) in [5.41, 5.74) is 2.17. The maximum Gasteiger partial charge on any atom is 0.158 e. The average molecular weight is 983 g/mol. The predicted molar refractivity (Wildman–Crippen MR) is 261 cm³/mol. The number of allylic oxidation sites excluding steroid dienone is 1. The zero-order valence-corrected chi connectivity index (χ0v) is 44.1. The highest BCUT2D eigenvalue weighted by atomic mass is 32.4. The summed E-state index contributed by atoms with van der Waals surface area (Å²) in [7, 11) is 12.8. The Morgan fingerprint density at radius 2 is 1.50 bits per heavy atom. The fourth-order valence-electron chi connectivity index (χ4n) is 10.9. The number of ether oxygens (including phenoxy) is 6. The van der Waals surface area contributed by atoms with E-state index < -0.39 is 51.7 Å². The van der Waals surface area contributed by atoms with Gasteiger partial charge in [-0.15, -0.1) is 17.2 Å². The summed E-state index contributed by atoms with van der Waals surface area (Å²) < 4.78 is 54.0. The van der Waals surface area contributed by atoms with E-state index in [1.165, 1.54) is 12.6 Å². The van der Waals surface area contributed by atoms with Crippen LogP contribution in [0.3, 0.4) is 0 Å². The molecule has 7 heterocycles. The second-order valence-electron chi connectivity index (χ2n) is 18.5. The van der Waals surface area contributed by atoms with Crippen LogP contribution >= 0.6 is 68.0 Å². The minimum atomic E-state index is -0.962. The lowest BCUT2D eigenvalue weighted by Gasteiger charge is -2.48. The molecular weight excluding hydrogens is 912 g/mol. The molecule has 0 amide bonds. The number of carbonyl (C=O) groups is 2. The number of rotatable bonds is 9. The molecule has 60 heavy (non-hydrogen) atoms. The van der Waals surface area contributed by atoms with Crippen LogP contribution in [0.2, 0.25) is 0 Å². The molecule has 24 atom stereocenters. The van der Waals surface area contributed by atoms with Crippen molar-refractivity contribution in [1.82, 2.24) is 0 Å². The minimum absolute atomic E-state index is 0.0583. The first kappa shape index (κ1) is 49.6. The molecule has 0 aromatic heterocycles. The van der Waals surface area contributed by atoms with Gasteiger partial charge in [-0.05, 0) is 92.0 Å². The summed E-state index contributed by atoms with van der Waals surface area (Å²) >= 11 is 0. The van der Waals surface area contributed by atoms with Crippen molar-refractivity contribution in [2.24, 2.45) is 23.7 Å². The van der Waals surface area contributed by atoms with Gasteiger partial charge in [0.15, 0.2) is 5.78 Å². The molecule has 8 bridgehead atoms. The van der Waals surface area contributed by atoms with E-state index >= 15 is 0 Å². The first-order chi connectivity index (χ1) is 28.7. The Bertz CT molecular complexity index is 1560. The van der Waals surface area contributed by atoms with E-state index in [4.69, 9.17) is 37.5 Å². The number of hydrogen-bond acceptors (Lipinski definition) is 10. The Kier molecular flexibility index (Phi) is 18.7. The van der Waals surface area contributed by atoms with Gasteiger partial charge in [-0.3, -0.25) is 9.59 Å². The van der Waals surface area contributed by atoms with Crippen LogP contribution in [-0.4, -0.2) is 103 Å². The standard InChI is InChI=1S/C42H70O10P8/c1-21(12-13-58-53)14-34-25(5)31-18-27(44)17-30-9-11-33-38(47-30)42(52-60(56)57)41-40(49-33)39(51-59(54)55)37(50-41)19-26(43)6-7-28-16-23(3)32(45-28)10-8-29-15-22(2)24(4)35(46-29)20-36(31)48-34/h6-7,21-22,25,28-42,58H,3-4,8-20,53-57H2,1-2,5H3/b7-6+/t21-,22-,25-,28+,29+,30?,31-,32?,33+,34-,35?,36+,37-,38+,39+,40+,41?,42+/m1/s1. The third-order valence-electron chi connectivity index (χ3n) is 14.1. The van der Waals surface area contributed by atoms with E-state index in [2.05, 4.69) is 78.6 Å². The van der Waals surface area contributed by atoms with Crippen molar-refractivity contribution in [3.63, 3.8) is 0 Å². The van der Waals surface area contributed by atoms with Crippen molar-refractivity contribution in [1.29, 1.82) is 0 Å². The number of Topliss-reactive ketones (excluding diaryl/α,β-unsaturated/α-hetero) is 1. The van der Waals surface area contributed by atoms with Crippen molar-refractivity contribution < 1.29 is 47.1 Å². The maximum absolute atomic E-state index is 14.3. The molecule has 6 fully saturated rings. The van der Waals surface area contributed by atoms with Crippen LogP contribution < -0.4 is 0 Å². The summed E-state index contributed by atoms with van der Waals surface area (Å²) in [6, 6.07) is 0. The highest BCUT2D eigenvalue weighted by molar-refractivity contribution is 8.41. The number of fused-ring (bicyclic) bond motifs is 7. The highest BCUT2D eigenvalue weighted by Crippen LogP contribution is 2.60. The molecular formula is C42H70O10P8. The lowest BCUT2D eigenvalue weighted by atomic mass is 9.78. The van der Waals surface area contributed by atoms with E-state index in [1.807, 2.05) is 6.08 Å². The zero-order chi connectivity index (χ0) is 42.8. The van der Waals surface area contributed by atoms with E-state index in [1.54, 1.807) is 6.08 Å². The van der Waals surface area contributed by atoms with Gasteiger partial charge in [0.1, 0.15) is 36.3 Å². The summed E-state index contributed by atoms with van der Waals surface area (Å²) in [5, 5.41) is 0. The first-order valence-corrected chi connectivity index (χ1v) is 34.1. The van der Waals surface area contributed by atoms with Gasteiger partial charge in [0, 0.05) is 32.1 Å². The van der Waals surface area contributed by atoms with Crippen molar-refractivity contribution in [2.45, 2.75) is 183 Å². The fraction of sp³-hybridized carbons (Fsp3) is 0.810. The van der Waals surface area contributed by atoms with Gasteiger partial charge >= 0.3 is 0 Å². The number of ketones is 2. The molecule has 0 aromatic rings. The average Bonchev–Trinajstić information content (AvgIpc) is 3.81. The van der Waals surface area contributed by atoms with Gasteiger partial charge in [0.05, 0.1) is 70.0 Å². The minimum Gasteiger partial charge on any atom is -0.374 e. The molecule has 10 nitrogen and oxygen atoms in total. The van der Waals surface area contributed by atoms with Gasteiger partial charge < -0.3 is 37.5 Å². The molecule has 7 aliphatic heterocycles. The van der Waals surface area contributed by atoms with Crippen molar-refractivity contribution in [3.05, 3.63) is 36.5 Å². The second kappa shape index (κ2) is 22.7. The van der Waals surface area contributed by atoms with Crippen LogP contribution in [0.5, 0.6) is 0 Å². The molecule has 0 spiro atoms. The summed E-state index contributed by atoms with van der Waals surface area (Å²) in [6.45, 7) is 15.8. The van der Waals surface area contributed by atoms with Crippen LogP contribution in [0.15, 0.2) is 36.5 Å². The summed E-state index contributed by atoms with van der Waals surface area (Å²) in [4.78, 5) is 27.9. The quantitative estimate of drug-likeness (QED) is 0.164. The van der Waals surface area contributed by atoms with Crippen molar-refractivity contribution >= 4 is 79.5 Å². The summed E-state index contributed by atoms with van der Waals surface area (Å²) in [5.74, 6) is 1.31. The Balaban J connectivity index is 1.15. The third-order valence-corrected chi connectivity index (χ3v) is 18.0. The van der Waals surface area contributed by atoms with Crippen LogP contribution in [0, 0.1) is 23.7 Å². The molecule has 0 saturated carbocycles. The Morgan fingerprint density at radius 3 is 2.25 bits per heavy atom. The topological polar surface area (TPSA) is 108 Å². The monoisotopic (exact) mass is 982 g/mol. The Morgan fingerprint density at radius 1 is 0.783 bits per heavy atom. The van der Waals surface area contributed by atoms with Crippen LogP contribution in [0.4, 0.5) is 0 Å². The summed E-state index contributed by atoms with van der Waals surface area (Å²) in [6.07, 6.45) is 9.39. The second-order valence-corrected chi connectivity index (χ2v) is 32.2. The molecule has 0 radical (unpaired) electrons. The predicted octanol–water partition coefficient (Wildman–Crippen LogP) is 9.81. The maximum atomic E-state index is 14.3. The van der Waals surface area contributed by atoms with E-state index in [0.717, 1.165) is 51.5 Å². The fourth-order valence-corrected chi connectivity index (χ4v) is 14.8.